The Morgan fingerprint density at radius 2 is 1.90 bits per heavy atom. The second-order valence-corrected chi connectivity index (χ2v) is 9.20. The van der Waals surface area contributed by atoms with Gasteiger partial charge in [-0.2, -0.15) is 0 Å². The van der Waals surface area contributed by atoms with Gasteiger partial charge in [-0.05, 0) is 81.1 Å². The predicted octanol–water partition coefficient (Wildman–Crippen LogP) is 3.51. The van der Waals surface area contributed by atoms with Crippen LogP contribution >= 0.6 is 0 Å². The van der Waals surface area contributed by atoms with Gasteiger partial charge in [0.25, 0.3) is 0 Å². The molecule has 0 spiro atoms. The van der Waals surface area contributed by atoms with E-state index in [2.05, 4.69) is 21.5 Å². The standard InChI is InChI=1S/C24H33F2N3/c1-2-11-29(20-9-10-27-15-20)16-18-5-3-17(4-6-18)14-28-24-13-21(24)19-7-8-22(25)23(26)12-19/h1,7-8,12,17-18,20-21,24,27-28H,3-6,9-11,13-16H2/t17?,18?,20?,21-,24+/m0/s1. The Morgan fingerprint density at radius 3 is 2.59 bits per heavy atom. The van der Waals surface area contributed by atoms with Crippen molar-refractivity contribution in [2.45, 2.75) is 56.5 Å². The number of benzene rings is 1. The van der Waals surface area contributed by atoms with Crippen LogP contribution in [0, 0.1) is 35.8 Å². The zero-order valence-electron chi connectivity index (χ0n) is 17.2. The fourth-order valence-electron chi connectivity index (χ4n) is 5.21. The van der Waals surface area contributed by atoms with Crippen molar-refractivity contribution in [2.75, 3.05) is 32.7 Å². The highest BCUT2D eigenvalue weighted by molar-refractivity contribution is 5.29. The fourth-order valence-corrected chi connectivity index (χ4v) is 5.21. The van der Waals surface area contributed by atoms with E-state index in [1.54, 1.807) is 6.07 Å². The Balaban J connectivity index is 1.17. The lowest BCUT2D eigenvalue weighted by atomic mass is 9.81. The Labute approximate surface area is 173 Å². The maximum atomic E-state index is 13.4. The van der Waals surface area contributed by atoms with Gasteiger partial charge in [0, 0.05) is 31.1 Å². The first-order chi connectivity index (χ1) is 14.1. The summed E-state index contributed by atoms with van der Waals surface area (Å²) in [7, 11) is 0. The minimum Gasteiger partial charge on any atom is -0.315 e. The first-order valence-corrected chi connectivity index (χ1v) is 11.2. The molecule has 1 aliphatic heterocycles. The molecule has 2 aliphatic carbocycles. The molecule has 4 rings (SSSR count). The molecular weight excluding hydrogens is 368 g/mol. The van der Waals surface area contributed by atoms with Crippen molar-refractivity contribution < 1.29 is 8.78 Å². The molecule has 1 aromatic rings. The molecule has 2 N–H and O–H groups in total. The monoisotopic (exact) mass is 401 g/mol. The van der Waals surface area contributed by atoms with E-state index < -0.39 is 11.6 Å². The number of nitrogens with zero attached hydrogens (tertiary/aromatic N) is 1. The van der Waals surface area contributed by atoms with Crippen LogP contribution in [-0.4, -0.2) is 49.7 Å². The highest BCUT2D eigenvalue weighted by Crippen LogP contribution is 2.41. The maximum Gasteiger partial charge on any atom is 0.159 e. The molecule has 2 saturated carbocycles. The van der Waals surface area contributed by atoms with E-state index in [1.807, 2.05) is 0 Å². The van der Waals surface area contributed by atoms with E-state index in [-0.39, 0.29) is 0 Å². The molecule has 29 heavy (non-hydrogen) atoms. The largest absolute Gasteiger partial charge is 0.315 e. The number of hydrogen-bond acceptors (Lipinski definition) is 3. The van der Waals surface area contributed by atoms with Crippen molar-refractivity contribution in [1.82, 2.24) is 15.5 Å². The number of hydrogen-bond donors (Lipinski definition) is 2. The first kappa shape index (κ1) is 20.8. The summed E-state index contributed by atoms with van der Waals surface area (Å²) in [5.74, 6) is 3.17. The van der Waals surface area contributed by atoms with Gasteiger partial charge in [-0.3, -0.25) is 4.90 Å². The number of terminal acetylenes is 1. The average Bonchev–Trinajstić information content (AvgIpc) is 3.29. The number of rotatable bonds is 8. The van der Waals surface area contributed by atoms with Crippen LogP contribution in [0.15, 0.2) is 18.2 Å². The highest BCUT2D eigenvalue weighted by Gasteiger charge is 2.38. The van der Waals surface area contributed by atoms with Gasteiger partial charge in [-0.1, -0.05) is 12.0 Å². The van der Waals surface area contributed by atoms with Crippen LogP contribution in [0.2, 0.25) is 0 Å². The zero-order chi connectivity index (χ0) is 20.2. The molecule has 3 nitrogen and oxygen atoms in total. The SMILES string of the molecule is C#CCN(CC1CCC(CN[C@@H]2C[C@H]2c2ccc(F)c(F)c2)CC1)C1CCNC1. The van der Waals surface area contributed by atoms with E-state index in [0.29, 0.717) is 18.0 Å². The lowest BCUT2D eigenvalue weighted by molar-refractivity contribution is 0.158. The number of nitrogens with one attached hydrogen (secondary N) is 2. The van der Waals surface area contributed by atoms with Crippen molar-refractivity contribution in [3.05, 3.63) is 35.4 Å². The predicted molar refractivity (Wildman–Crippen MR) is 113 cm³/mol. The third kappa shape index (κ3) is 5.36. The van der Waals surface area contributed by atoms with Gasteiger partial charge in [-0.25, -0.2) is 8.78 Å². The molecule has 0 amide bonds. The molecule has 0 aromatic heterocycles. The van der Waals surface area contributed by atoms with Crippen LogP contribution < -0.4 is 10.6 Å². The van der Waals surface area contributed by atoms with Crippen LogP contribution in [0.3, 0.4) is 0 Å². The van der Waals surface area contributed by atoms with Gasteiger partial charge in [0.05, 0.1) is 6.54 Å². The summed E-state index contributed by atoms with van der Waals surface area (Å²) in [5.41, 5.74) is 0.917. The van der Waals surface area contributed by atoms with Crippen LogP contribution in [0.5, 0.6) is 0 Å². The Bertz CT molecular complexity index is 717. The van der Waals surface area contributed by atoms with E-state index in [1.165, 1.54) is 44.2 Å². The molecule has 3 atom stereocenters. The van der Waals surface area contributed by atoms with Gasteiger partial charge < -0.3 is 10.6 Å². The van der Waals surface area contributed by atoms with E-state index in [9.17, 15) is 8.78 Å². The van der Waals surface area contributed by atoms with E-state index in [4.69, 9.17) is 6.42 Å². The molecule has 158 valence electrons. The van der Waals surface area contributed by atoms with Crippen molar-refractivity contribution in [3.8, 4) is 12.3 Å². The normalized spacial score (nSPS) is 31.7. The summed E-state index contributed by atoms with van der Waals surface area (Å²) < 4.78 is 26.5. The average molecular weight is 402 g/mol. The zero-order valence-corrected chi connectivity index (χ0v) is 17.2. The maximum absolute atomic E-state index is 13.4. The molecule has 3 aliphatic rings. The summed E-state index contributed by atoms with van der Waals surface area (Å²) >= 11 is 0. The van der Waals surface area contributed by atoms with Gasteiger partial charge in [-0.15, -0.1) is 6.42 Å². The lowest BCUT2D eigenvalue weighted by Gasteiger charge is -2.34. The van der Waals surface area contributed by atoms with Gasteiger partial charge in [0.2, 0.25) is 0 Å². The Morgan fingerprint density at radius 1 is 1.10 bits per heavy atom. The smallest absolute Gasteiger partial charge is 0.159 e. The molecule has 0 bridgehead atoms. The summed E-state index contributed by atoms with van der Waals surface area (Å²) in [4.78, 5) is 2.51. The molecule has 3 fully saturated rings. The molecule has 1 heterocycles. The summed E-state index contributed by atoms with van der Waals surface area (Å²) in [6.45, 7) is 5.12. The minimum atomic E-state index is -0.763. The molecule has 1 unspecified atom stereocenters. The molecule has 0 radical (unpaired) electrons. The van der Waals surface area contributed by atoms with Gasteiger partial charge >= 0.3 is 0 Å². The quantitative estimate of drug-likeness (QED) is 0.653. The van der Waals surface area contributed by atoms with Crippen LogP contribution in [0.4, 0.5) is 8.78 Å². The summed E-state index contributed by atoms with van der Waals surface area (Å²) in [6, 6.07) is 5.34. The van der Waals surface area contributed by atoms with Gasteiger partial charge in [0.1, 0.15) is 0 Å². The van der Waals surface area contributed by atoms with Crippen molar-refractivity contribution >= 4 is 0 Å². The van der Waals surface area contributed by atoms with Crippen molar-refractivity contribution in [1.29, 1.82) is 0 Å². The molecular formula is C24H33F2N3. The topological polar surface area (TPSA) is 27.3 Å². The van der Waals surface area contributed by atoms with Crippen molar-refractivity contribution in [3.63, 3.8) is 0 Å². The number of halogens is 2. The molecule has 1 saturated heterocycles. The Kier molecular flexibility index (Phi) is 6.85. The summed E-state index contributed by atoms with van der Waals surface area (Å²) in [5, 5.41) is 7.12. The Hall–Kier alpha value is -1.48. The second kappa shape index (κ2) is 9.55. The third-order valence-corrected chi connectivity index (χ3v) is 7.14. The van der Waals surface area contributed by atoms with E-state index >= 15 is 0 Å². The summed E-state index contributed by atoms with van der Waals surface area (Å²) in [6.07, 6.45) is 12.9. The first-order valence-electron chi connectivity index (χ1n) is 11.2. The van der Waals surface area contributed by atoms with E-state index in [0.717, 1.165) is 56.5 Å². The molecule has 1 aromatic carbocycles. The highest BCUT2D eigenvalue weighted by atomic mass is 19.2. The van der Waals surface area contributed by atoms with Crippen molar-refractivity contribution in [2.24, 2.45) is 11.8 Å². The van der Waals surface area contributed by atoms with Crippen LogP contribution in [-0.2, 0) is 0 Å². The van der Waals surface area contributed by atoms with Crippen LogP contribution in [0.1, 0.15) is 50.0 Å². The fraction of sp³-hybridized carbons (Fsp3) is 0.667. The van der Waals surface area contributed by atoms with Gasteiger partial charge in [0.15, 0.2) is 11.6 Å². The van der Waals surface area contributed by atoms with Crippen LogP contribution in [0.25, 0.3) is 0 Å². The second-order valence-electron chi connectivity index (χ2n) is 9.20. The molecule has 5 heteroatoms. The lowest BCUT2D eigenvalue weighted by Crippen LogP contribution is -2.41. The third-order valence-electron chi connectivity index (χ3n) is 7.14. The minimum absolute atomic E-state index is 0.332.